The zero-order valence-electron chi connectivity index (χ0n) is 15.1. The first-order valence-corrected chi connectivity index (χ1v) is 9.04. The van der Waals surface area contributed by atoms with Crippen molar-refractivity contribution in [2.24, 2.45) is 0 Å². The maximum atomic E-state index is 12.2. The van der Waals surface area contributed by atoms with Gasteiger partial charge in [-0.05, 0) is 50.1 Å². The number of aryl methyl sites for hydroxylation is 2. The van der Waals surface area contributed by atoms with Gasteiger partial charge in [-0.25, -0.2) is 0 Å². The average Bonchev–Trinajstić information content (AvgIpc) is 2.62. The highest BCUT2D eigenvalue weighted by molar-refractivity contribution is 6.32. The van der Waals surface area contributed by atoms with E-state index in [0.717, 1.165) is 11.3 Å². The molecule has 1 aliphatic rings. The number of nitrogens with zero attached hydrogens (tertiary/aromatic N) is 3. The van der Waals surface area contributed by atoms with Crippen LogP contribution in [0.1, 0.15) is 42.8 Å². The van der Waals surface area contributed by atoms with Gasteiger partial charge in [0.25, 0.3) is 0 Å². The molecule has 0 radical (unpaired) electrons. The summed E-state index contributed by atoms with van der Waals surface area (Å²) in [6.45, 7) is 3.84. The van der Waals surface area contributed by atoms with Crippen LogP contribution < -0.4 is 9.64 Å². The number of aromatic nitrogens is 2. The molecule has 1 N–H and O–H groups in total. The van der Waals surface area contributed by atoms with Gasteiger partial charge >= 0.3 is 5.97 Å². The molecule has 2 aromatic rings. The lowest BCUT2D eigenvalue weighted by Crippen LogP contribution is -2.36. The molecule has 0 fully saturated rings. The van der Waals surface area contributed by atoms with Crippen LogP contribution in [0.15, 0.2) is 24.3 Å². The van der Waals surface area contributed by atoms with Gasteiger partial charge in [0.15, 0.2) is 0 Å². The first kappa shape index (κ1) is 19.1. The van der Waals surface area contributed by atoms with Gasteiger partial charge < -0.3 is 14.7 Å². The van der Waals surface area contributed by atoms with Crippen molar-refractivity contribution in [1.29, 1.82) is 0 Å². The molecule has 1 aliphatic heterocycles. The third-order valence-corrected chi connectivity index (χ3v) is 4.72. The highest BCUT2D eigenvalue weighted by atomic mass is 35.5. The Labute approximate surface area is 161 Å². The summed E-state index contributed by atoms with van der Waals surface area (Å²) >= 11 is 6.38. The minimum absolute atomic E-state index is 0.100. The van der Waals surface area contributed by atoms with Crippen LogP contribution in [0.25, 0.3) is 0 Å². The van der Waals surface area contributed by atoms with Crippen molar-refractivity contribution in [3.05, 3.63) is 46.2 Å². The van der Waals surface area contributed by atoms with Crippen LogP contribution in [0.3, 0.4) is 0 Å². The largest absolute Gasteiger partial charge is 0.483 e. The van der Waals surface area contributed by atoms with E-state index < -0.39 is 5.97 Å². The van der Waals surface area contributed by atoms with Crippen LogP contribution in [0, 0.1) is 6.92 Å². The Balaban J connectivity index is 1.84. The van der Waals surface area contributed by atoms with E-state index in [0.29, 0.717) is 35.0 Å². The number of carboxylic acid groups (broad SMARTS) is 1. The maximum Gasteiger partial charge on any atom is 0.305 e. The van der Waals surface area contributed by atoms with E-state index in [1.807, 2.05) is 32.0 Å². The van der Waals surface area contributed by atoms with E-state index >= 15 is 0 Å². The smallest absolute Gasteiger partial charge is 0.305 e. The number of benzene rings is 1. The van der Waals surface area contributed by atoms with Crippen molar-refractivity contribution in [2.45, 2.75) is 39.2 Å². The van der Waals surface area contributed by atoms with Gasteiger partial charge in [0.2, 0.25) is 5.91 Å². The van der Waals surface area contributed by atoms with Crippen LogP contribution in [0.2, 0.25) is 5.02 Å². The Morgan fingerprint density at radius 2 is 2.11 bits per heavy atom. The van der Waals surface area contributed by atoms with Gasteiger partial charge in [-0.1, -0.05) is 11.6 Å². The predicted octanol–water partition coefficient (Wildman–Crippen LogP) is 3.33. The van der Waals surface area contributed by atoms with Crippen LogP contribution in [0.4, 0.5) is 5.69 Å². The van der Waals surface area contributed by atoms with Crippen molar-refractivity contribution in [1.82, 2.24) is 10.2 Å². The summed E-state index contributed by atoms with van der Waals surface area (Å²) < 4.78 is 5.97. The van der Waals surface area contributed by atoms with Gasteiger partial charge in [0.05, 0.1) is 17.1 Å². The zero-order chi connectivity index (χ0) is 19.6. The van der Waals surface area contributed by atoms with Crippen molar-refractivity contribution < 1.29 is 19.4 Å². The number of fused-ring (bicyclic) bond motifs is 1. The molecule has 27 heavy (non-hydrogen) atoms. The maximum absolute atomic E-state index is 12.2. The first-order chi connectivity index (χ1) is 12.8. The molecule has 0 bridgehead atoms. The molecule has 0 saturated heterocycles. The molecule has 142 valence electrons. The van der Waals surface area contributed by atoms with E-state index in [1.165, 1.54) is 4.90 Å². The Morgan fingerprint density at radius 1 is 1.33 bits per heavy atom. The summed E-state index contributed by atoms with van der Waals surface area (Å²) in [6.07, 6.45) is 0.419. The number of rotatable bonds is 6. The minimum atomic E-state index is -0.950. The van der Waals surface area contributed by atoms with Gasteiger partial charge in [0, 0.05) is 18.7 Å². The standard InChI is InChI=1S/C19H20ClN3O4/c1-11-3-5-15(22-21-11)12(2)27-17-9-13-4-6-18(24)23(8-7-19(25)26)16(13)10-14(17)20/h3,5,9-10,12H,4,6-8H2,1-2H3,(H,25,26)/t12-/m1/s1. The van der Waals surface area contributed by atoms with Crippen LogP contribution in [0.5, 0.6) is 5.75 Å². The molecule has 0 saturated carbocycles. The molecule has 2 heterocycles. The Hall–Kier alpha value is -2.67. The number of aliphatic carboxylic acids is 1. The summed E-state index contributed by atoms with van der Waals surface area (Å²) in [7, 11) is 0. The van der Waals surface area contributed by atoms with E-state index in [-0.39, 0.29) is 25.0 Å². The predicted molar refractivity (Wildman–Crippen MR) is 100 cm³/mol. The molecule has 1 aromatic heterocycles. The number of amides is 1. The molecule has 0 unspecified atom stereocenters. The fourth-order valence-electron chi connectivity index (χ4n) is 2.97. The summed E-state index contributed by atoms with van der Waals surface area (Å²) in [5, 5.41) is 17.4. The lowest BCUT2D eigenvalue weighted by atomic mass is 10.0. The quantitative estimate of drug-likeness (QED) is 0.814. The number of hydrogen-bond acceptors (Lipinski definition) is 5. The summed E-state index contributed by atoms with van der Waals surface area (Å²) in [6, 6.07) is 7.20. The molecular formula is C19H20ClN3O4. The number of hydrogen-bond donors (Lipinski definition) is 1. The molecule has 0 aliphatic carbocycles. The molecule has 1 amide bonds. The monoisotopic (exact) mass is 389 g/mol. The Bertz CT molecular complexity index is 870. The molecular weight excluding hydrogens is 370 g/mol. The second kappa shape index (κ2) is 7.92. The Morgan fingerprint density at radius 3 is 2.78 bits per heavy atom. The molecule has 0 spiro atoms. The summed E-state index contributed by atoms with van der Waals surface area (Å²) in [5.74, 6) is -0.552. The number of ether oxygens (including phenoxy) is 1. The molecule has 1 aromatic carbocycles. The topological polar surface area (TPSA) is 92.6 Å². The number of carbonyl (C=O) groups is 2. The zero-order valence-corrected chi connectivity index (χ0v) is 15.9. The lowest BCUT2D eigenvalue weighted by Gasteiger charge is -2.30. The highest BCUT2D eigenvalue weighted by Crippen LogP contribution is 2.38. The second-order valence-electron chi connectivity index (χ2n) is 6.46. The average molecular weight is 390 g/mol. The van der Waals surface area contributed by atoms with Gasteiger partial charge in [-0.15, -0.1) is 0 Å². The molecule has 8 heteroatoms. The van der Waals surface area contributed by atoms with Crippen LogP contribution >= 0.6 is 11.6 Å². The third kappa shape index (κ3) is 4.36. The second-order valence-corrected chi connectivity index (χ2v) is 6.87. The molecule has 7 nitrogen and oxygen atoms in total. The third-order valence-electron chi connectivity index (χ3n) is 4.42. The first-order valence-electron chi connectivity index (χ1n) is 8.66. The van der Waals surface area contributed by atoms with E-state index in [2.05, 4.69) is 10.2 Å². The van der Waals surface area contributed by atoms with Crippen molar-refractivity contribution in [2.75, 3.05) is 11.4 Å². The normalized spacial score (nSPS) is 14.6. The van der Waals surface area contributed by atoms with Gasteiger partial charge in [-0.3, -0.25) is 9.59 Å². The van der Waals surface area contributed by atoms with Crippen molar-refractivity contribution >= 4 is 29.2 Å². The van der Waals surface area contributed by atoms with Gasteiger partial charge in [0.1, 0.15) is 17.5 Å². The number of carboxylic acids is 1. The van der Waals surface area contributed by atoms with Crippen molar-refractivity contribution in [3.63, 3.8) is 0 Å². The van der Waals surface area contributed by atoms with Gasteiger partial charge in [-0.2, -0.15) is 10.2 Å². The minimum Gasteiger partial charge on any atom is -0.483 e. The Kier molecular flexibility index (Phi) is 5.60. The molecule has 1 atom stereocenters. The SMILES string of the molecule is Cc1ccc([C@@H](C)Oc2cc3c(cc2Cl)N(CCC(=O)O)C(=O)CC3)nn1. The fourth-order valence-corrected chi connectivity index (χ4v) is 3.17. The fraction of sp³-hybridized carbons (Fsp3) is 0.368. The summed E-state index contributed by atoms with van der Waals surface area (Å²) in [4.78, 5) is 24.5. The molecule has 3 rings (SSSR count). The number of halogens is 1. The van der Waals surface area contributed by atoms with E-state index in [9.17, 15) is 9.59 Å². The lowest BCUT2D eigenvalue weighted by molar-refractivity contribution is -0.136. The van der Waals surface area contributed by atoms with Crippen molar-refractivity contribution in [3.8, 4) is 5.75 Å². The number of carbonyl (C=O) groups excluding carboxylic acids is 1. The van der Waals surface area contributed by atoms with Crippen LogP contribution in [-0.2, 0) is 16.0 Å². The number of anilines is 1. The summed E-state index contributed by atoms with van der Waals surface area (Å²) in [5.41, 5.74) is 3.06. The van der Waals surface area contributed by atoms with Crippen LogP contribution in [-0.4, -0.2) is 33.7 Å². The van der Waals surface area contributed by atoms with E-state index in [1.54, 1.807) is 6.07 Å². The van der Waals surface area contributed by atoms with E-state index in [4.69, 9.17) is 21.4 Å². The highest BCUT2D eigenvalue weighted by Gasteiger charge is 2.26.